The van der Waals surface area contributed by atoms with E-state index in [1.54, 1.807) is 12.1 Å². The van der Waals surface area contributed by atoms with E-state index in [4.69, 9.17) is 16.3 Å². The van der Waals surface area contributed by atoms with Crippen LogP contribution in [0.3, 0.4) is 0 Å². The number of aromatic nitrogens is 4. The van der Waals surface area contributed by atoms with Gasteiger partial charge in [-0.3, -0.25) is 4.79 Å². The second-order valence-corrected chi connectivity index (χ2v) is 5.26. The Balaban J connectivity index is 1.95. The van der Waals surface area contributed by atoms with E-state index in [1.807, 2.05) is 26.0 Å². The fourth-order valence-corrected chi connectivity index (χ4v) is 1.90. The summed E-state index contributed by atoms with van der Waals surface area (Å²) in [7, 11) is 0. The maximum absolute atomic E-state index is 11.9. The van der Waals surface area contributed by atoms with Crippen molar-refractivity contribution in [1.29, 1.82) is 0 Å². The number of halogens is 1. The Labute approximate surface area is 133 Å². The van der Waals surface area contributed by atoms with Crippen LogP contribution in [0.1, 0.15) is 26.1 Å². The number of nitrogens with zero attached hydrogens (tertiary/aromatic N) is 4. The average Bonchev–Trinajstić information content (AvgIpc) is 2.93. The summed E-state index contributed by atoms with van der Waals surface area (Å²) in [6, 6.07) is 7.25. The maximum atomic E-state index is 11.9. The second-order valence-electron chi connectivity index (χ2n) is 4.85. The van der Waals surface area contributed by atoms with Gasteiger partial charge in [0, 0.05) is 6.04 Å². The number of rotatable bonds is 7. The molecule has 1 heterocycles. The third-order valence-electron chi connectivity index (χ3n) is 3.11. The molecule has 0 aliphatic heterocycles. The first-order valence-corrected chi connectivity index (χ1v) is 7.39. The molecular formula is C14H18ClN5O2. The van der Waals surface area contributed by atoms with Gasteiger partial charge in [-0.25, -0.2) is 4.68 Å². The Morgan fingerprint density at radius 2 is 2.23 bits per heavy atom. The summed E-state index contributed by atoms with van der Waals surface area (Å²) in [6.07, 6.45) is 0.865. The summed E-state index contributed by atoms with van der Waals surface area (Å²) in [5.74, 6) is 0.864. The molecule has 1 unspecified atom stereocenters. The summed E-state index contributed by atoms with van der Waals surface area (Å²) < 4.78 is 6.99. The Morgan fingerprint density at radius 3 is 2.95 bits per heavy atom. The normalized spacial score (nSPS) is 12.0. The van der Waals surface area contributed by atoms with Gasteiger partial charge in [-0.2, -0.15) is 0 Å². The molecule has 0 bridgehead atoms. The van der Waals surface area contributed by atoms with Gasteiger partial charge < -0.3 is 10.1 Å². The molecule has 0 radical (unpaired) electrons. The molecule has 0 fully saturated rings. The summed E-state index contributed by atoms with van der Waals surface area (Å²) in [4.78, 5) is 11.9. The minimum absolute atomic E-state index is 0.0541. The Bertz CT molecular complexity index is 631. The Hall–Kier alpha value is -2.15. The predicted molar refractivity (Wildman–Crippen MR) is 81.5 cm³/mol. The summed E-state index contributed by atoms with van der Waals surface area (Å²) in [5, 5.41) is 14.6. The van der Waals surface area contributed by atoms with Gasteiger partial charge in [-0.05, 0) is 35.9 Å². The van der Waals surface area contributed by atoms with Gasteiger partial charge in [-0.15, -0.1) is 5.10 Å². The Kier molecular flexibility index (Phi) is 5.71. The topological polar surface area (TPSA) is 81.9 Å². The van der Waals surface area contributed by atoms with Crippen molar-refractivity contribution in [3.8, 4) is 5.75 Å². The molecule has 1 aromatic heterocycles. The van der Waals surface area contributed by atoms with Gasteiger partial charge in [-0.1, -0.05) is 30.7 Å². The molecule has 0 saturated heterocycles. The van der Waals surface area contributed by atoms with Crippen LogP contribution in [0.2, 0.25) is 5.02 Å². The van der Waals surface area contributed by atoms with Gasteiger partial charge in [0.15, 0.2) is 5.82 Å². The largest absolute Gasteiger partial charge is 0.484 e. The third-order valence-corrected chi connectivity index (χ3v) is 3.42. The molecule has 1 amide bonds. The third kappa shape index (κ3) is 4.42. The highest BCUT2D eigenvalue weighted by molar-refractivity contribution is 6.32. The molecule has 2 rings (SSSR count). The number of amides is 1. The SMILES string of the molecule is CCC(C)NC(=O)Cn1nnnc1COc1ccccc1Cl. The number of carbonyl (C=O) groups is 1. The monoisotopic (exact) mass is 323 g/mol. The number of nitrogens with one attached hydrogen (secondary N) is 1. The van der Waals surface area contributed by atoms with E-state index in [0.717, 1.165) is 6.42 Å². The standard InChI is InChI=1S/C14H18ClN5O2/c1-3-10(2)16-14(21)8-20-13(17-18-19-20)9-22-12-7-5-4-6-11(12)15/h4-7,10H,3,8-9H2,1-2H3,(H,16,21). The van der Waals surface area contributed by atoms with E-state index in [0.29, 0.717) is 16.6 Å². The van der Waals surface area contributed by atoms with Gasteiger partial charge in [0.1, 0.15) is 18.9 Å². The van der Waals surface area contributed by atoms with Crippen LogP contribution in [0.15, 0.2) is 24.3 Å². The molecule has 0 saturated carbocycles. The molecule has 0 aliphatic carbocycles. The predicted octanol–water partition coefficient (Wildman–Crippen LogP) is 1.82. The molecule has 0 spiro atoms. The van der Waals surface area contributed by atoms with Crippen LogP contribution in [0.4, 0.5) is 0 Å². The van der Waals surface area contributed by atoms with Crippen molar-refractivity contribution in [3.05, 3.63) is 35.1 Å². The van der Waals surface area contributed by atoms with E-state index in [2.05, 4.69) is 20.8 Å². The van der Waals surface area contributed by atoms with Crippen LogP contribution >= 0.6 is 11.6 Å². The lowest BCUT2D eigenvalue weighted by Gasteiger charge is -2.12. The van der Waals surface area contributed by atoms with Crippen molar-refractivity contribution in [2.75, 3.05) is 0 Å². The summed E-state index contributed by atoms with van der Waals surface area (Å²) >= 11 is 6.01. The van der Waals surface area contributed by atoms with Crippen molar-refractivity contribution in [2.45, 2.75) is 39.5 Å². The van der Waals surface area contributed by atoms with E-state index in [1.165, 1.54) is 4.68 Å². The number of ether oxygens (including phenoxy) is 1. The highest BCUT2D eigenvalue weighted by atomic mass is 35.5. The molecular weight excluding hydrogens is 306 g/mol. The molecule has 8 heteroatoms. The van der Waals surface area contributed by atoms with Crippen LogP contribution in [0.5, 0.6) is 5.75 Å². The zero-order valence-corrected chi connectivity index (χ0v) is 13.2. The molecule has 22 heavy (non-hydrogen) atoms. The number of para-hydroxylation sites is 1. The average molecular weight is 324 g/mol. The van der Waals surface area contributed by atoms with E-state index < -0.39 is 0 Å². The van der Waals surface area contributed by atoms with Crippen LogP contribution < -0.4 is 10.1 Å². The van der Waals surface area contributed by atoms with Crippen molar-refractivity contribution >= 4 is 17.5 Å². The molecule has 7 nitrogen and oxygen atoms in total. The van der Waals surface area contributed by atoms with Crippen molar-refractivity contribution in [3.63, 3.8) is 0 Å². The van der Waals surface area contributed by atoms with Gasteiger partial charge in [0.05, 0.1) is 5.02 Å². The Morgan fingerprint density at radius 1 is 1.45 bits per heavy atom. The van der Waals surface area contributed by atoms with Gasteiger partial charge >= 0.3 is 0 Å². The quantitative estimate of drug-likeness (QED) is 0.840. The van der Waals surface area contributed by atoms with E-state index >= 15 is 0 Å². The number of hydrogen-bond acceptors (Lipinski definition) is 5. The van der Waals surface area contributed by atoms with Crippen molar-refractivity contribution < 1.29 is 9.53 Å². The first-order valence-electron chi connectivity index (χ1n) is 7.02. The zero-order valence-electron chi connectivity index (χ0n) is 12.5. The molecule has 0 aliphatic rings. The molecule has 2 aromatic rings. The summed E-state index contributed by atoms with van der Waals surface area (Å²) in [6.45, 7) is 4.13. The van der Waals surface area contributed by atoms with E-state index in [9.17, 15) is 4.79 Å². The lowest BCUT2D eigenvalue weighted by molar-refractivity contribution is -0.122. The van der Waals surface area contributed by atoms with Crippen molar-refractivity contribution in [1.82, 2.24) is 25.5 Å². The molecule has 118 valence electrons. The number of benzene rings is 1. The van der Waals surface area contributed by atoms with Gasteiger partial charge in [0.2, 0.25) is 5.91 Å². The maximum Gasteiger partial charge on any atom is 0.242 e. The first-order chi connectivity index (χ1) is 10.6. The highest BCUT2D eigenvalue weighted by Crippen LogP contribution is 2.23. The zero-order chi connectivity index (χ0) is 15.9. The second kappa shape index (κ2) is 7.74. The molecule has 1 aromatic carbocycles. The minimum atomic E-state index is -0.138. The van der Waals surface area contributed by atoms with E-state index in [-0.39, 0.29) is 25.1 Å². The molecule has 1 N–H and O–H groups in total. The van der Waals surface area contributed by atoms with Crippen LogP contribution in [-0.2, 0) is 17.9 Å². The minimum Gasteiger partial charge on any atom is -0.484 e. The van der Waals surface area contributed by atoms with Crippen LogP contribution in [0, 0.1) is 0 Å². The van der Waals surface area contributed by atoms with Crippen LogP contribution in [-0.4, -0.2) is 32.2 Å². The first kappa shape index (κ1) is 16.2. The lowest BCUT2D eigenvalue weighted by Crippen LogP contribution is -2.35. The fourth-order valence-electron chi connectivity index (χ4n) is 1.71. The number of tetrazole rings is 1. The lowest BCUT2D eigenvalue weighted by atomic mass is 10.2. The highest BCUT2D eigenvalue weighted by Gasteiger charge is 2.13. The van der Waals surface area contributed by atoms with Gasteiger partial charge in [0.25, 0.3) is 0 Å². The fraction of sp³-hybridized carbons (Fsp3) is 0.429. The molecule has 1 atom stereocenters. The number of carbonyl (C=O) groups excluding carboxylic acids is 1. The number of hydrogen-bond donors (Lipinski definition) is 1. The van der Waals surface area contributed by atoms with Crippen molar-refractivity contribution in [2.24, 2.45) is 0 Å². The van der Waals surface area contributed by atoms with Crippen LogP contribution in [0.25, 0.3) is 0 Å². The smallest absolute Gasteiger partial charge is 0.242 e. The summed E-state index contributed by atoms with van der Waals surface area (Å²) in [5.41, 5.74) is 0.